The lowest BCUT2D eigenvalue weighted by molar-refractivity contribution is 0.482. The second-order valence-electron chi connectivity index (χ2n) is 4.04. The van der Waals surface area contributed by atoms with Gasteiger partial charge in [0.05, 0.1) is 11.5 Å². The average molecular weight is 344 g/mol. The summed E-state index contributed by atoms with van der Waals surface area (Å²) in [6.07, 6.45) is 0. The molecule has 0 aliphatic heterocycles. The van der Waals surface area contributed by atoms with E-state index in [9.17, 15) is 16.8 Å². The molecule has 10 heteroatoms. The summed E-state index contributed by atoms with van der Waals surface area (Å²) in [5.41, 5.74) is 0.491. The molecule has 7 nitrogen and oxygen atoms in total. The molecule has 0 bridgehead atoms. The molecule has 0 aromatic heterocycles. The molecule has 0 aliphatic rings. The van der Waals surface area contributed by atoms with Gasteiger partial charge in [-0.1, -0.05) is 17.7 Å². The number of hydrogen-bond acceptors (Lipinski definition) is 5. The molecule has 0 atom stereocenters. The number of benzene rings is 1. The standard InChI is InChI=1S/C10H14ClNO6S2/c11-9-2-1-3-10(8-9)12(4-6-19(13,14)15)5-7-20(16,17)18/h1-3,8H,4-7H2,(H,13,14,15)(H,16,17,18). The van der Waals surface area contributed by atoms with E-state index in [4.69, 9.17) is 20.7 Å². The highest BCUT2D eigenvalue weighted by Gasteiger charge is 2.15. The Morgan fingerprint density at radius 1 is 1.00 bits per heavy atom. The number of anilines is 1. The highest BCUT2D eigenvalue weighted by Crippen LogP contribution is 2.19. The van der Waals surface area contributed by atoms with Crippen molar-refractivity contribution < 1.29 is 25.9 Å². The molecule has 20 heavy (non-hydrogen) atoms. The predicted octanol–water partition coefficient (Wildman–Crippen LogP) is 0.922. The monoisotopic (exact) mass is 343 g/mol. The van der Waals surface area contributed by atoms with Gasteiger partial charge in [-0.05, 0) is 18.2 Å². The van der Waals surface area contributed by atoms with Crippen molar-refractivity contribution in [3.8, 4) is 0 Å². The van der Waals surface area contributed by atoms with Gasteiger partial charge in [0, 0.05) is 23.8 Å². The zero-order valence-electron chi connectivity index (χ0n) is 10.3. The number of rotatable bonds is 7. The van der Waals surface area contributed by atoms with E-state index >= 15 is 0 Å². The Labute approximate surface area is 122 Å². The third-order valence-corrected chi connectivity index (χ3v) is 4.04. The van der Waals surface area contributed by atoms with Gasteiger partial charge in [-0.25, -0.2) is 0 Å². The largest absolute Gasteiger partial charge is 0.369 e. The van der Waals surface area contributed by atoms with E-state index in [0.29, 0.717) is 10.7 Å². The molecule has 0 aliphatic carbocycles. The topological polar surface area (TPSA) is 112 Å². The molecule has 2 N–H and O–H groups in total. The maximum atomic E-state index is 10.8. The summed E-state index contributed by atoms with van der Waals surface area (Å²) in [6.45, 7) is -0.261. The van der Waals surface area contributed by atoms with Crippen molar-refractivity contribution in [2.45, 2.75) is 0 Å². The Bertz CT molecular complexity index is 622. The Balaban J connectivity index is 2.89. The summed E-state index contributed by atoms with van der Waals surface area (Å²) in [5, 5.41) is 0.395. The van der Waals surface area contributed by atoms with Crippen LogP contribution < -0.4 is 4.90 Å². The minimum absolute atomic E-state index is 0.130. The van der Waals surface area contributed by atoms with Crippen LogP contribution in [0.3, 0.4) is 0 Å². The van der Waals surface area contributed by atoms with Gasteiger partial charge in [0.2, 0.25) is 0 Å². The van der Waals surface area contributed by atoms with E-state index < -0.39 is 31.7 Å². The van der Waals surface area contributed by atoms with E-state index in [0.717, 1.165) is 0 Å². The van der Waals surface area contributed by atoms with Gasteiger partial charge in [-0.3, -0.25) is 9.11 Å². The smallest absolute Gasteiger partial charge is 0.266 e. The van der Waals surface area contributed by atoms with Crippen LogP contribution in [-0.2, 0) is 20.2 Å². The maximum Gasteiger partial charge on any atom is 0.266 e. The Hall–Kier alpha value is -0.870. The Morgan fingerprint density at radius 2 is 1.50 bits per heavy atom. The summed E-state index contributed by atoms with van der Waals surface area (Å²) >= 11 is 5.81. The highest BCUT2D eigenvalue weighted by atomic mass is 35.5. The fraction of sp³-hybridized carbons (Fsp3) is 0.400. The second-order valence-corrected chi connectivity index (χ2v) is 7.62. The Kier molecular flexibility index (Phi) is 5.78. The van der Waals surface area contributed by atoms with Crippen molar-refractivity contribution in [2.75, 3.05) is 29.5 Å². The van der Waals surface area contributed by atoms with Crippen molar-refractivity contribution in [1.29, 1.82) is 0 Å². The first-order valence-corrected chi connectivity index (χ1v) is 9.07. The summed E-state index contributed by atoms with van der Waals surface area (Å²) in [4.78, 5) is 1.40. The molecular weight excluding hydrogens is 330 g/mol. The molecule has 1 aromatic carbocycles. The quantitative estimate of drug-likeness (QED) is 0.708. The maximum absolute atomic E-state index is 10.8. The average Bonchev–Trinajstić information content (AvgIpc) is 2.26. The van der Waals surface area contributed by atoms with Crippen molar-refractivity contribution >= 4 is 37.5 Å². The molecular formula is C10H14ClNO6S2. The molecule has 0 unspecified atom stereocenters. The molecule has 1 aromatic rings. The Morgan fingerprint density at radius 3 is 1.90 bits per heavy atom. The van der Waals surface area contributed by atoms with Crippen LogP contribution in [0.5, 0.6) is 0 Å². The zero-order valence-corrected chi connectivity index (χ0v) is 12.7. The molecule has 0 spiro atoms. The first-order chi connectivity index (χ1) is 9.07. The van der Waals surface area contributed by atoms with Crippen LogP contribution in [0.1, 0.15) is 0 Å². The summed E-state index contributed by atoms with van der Waals surface area (Å²) in [5.74, 6) is -1.13. The molecule has 0 amide bonds. The highest BCUT2D eigenvalue weighted by molar-refractivity contribution is 7.86. The molecule has 114 valence electrons. The number of hydrogen-bond donors (Lipinski definition) is 2. The fourth-order valence-electron chi connectivity index (χ4n) is 1.49. The molecule has 0 fully saturated rings. The summed E-state index contributed by atoms with van der Waals surface area (Å²) in [7, 11) is -8.36. The van der Waals surface area contributed by atoms with E-state index in [1.807, 2.05) is 0 Å². The lowest BCUT2D eigenvalue weighted by Crippen LogP contribution is -2.33. The summed E-state index contributed by atoms with van der Waals surface area (Å²) in [6, 6.07) is 6.36. The van der Waals surface area contributed by atoms with Gasteiger partial charge in [0.15, 0.2) is 0 Å². The van der Waals surface area contributed by atoms with Crippen LogP contribution in [0.2, 0.25) is 5.02 Å². The molecule has 0 heterocycles. The van der Waals surface area contributed by atoms with E-state index in [2.05, 4.69) is 0 Å². The van der Waals surface area contributed by atoms with Gasteiger partial charge >= 0.3 is 0 Å². The van der Waals surface area contributed by atoms with Crippen LogP contribution >= 0.6 is 11.6 Å². The van der Waals surface area contributed by atoms with E-state index in [-0.39, 0.29) is 13.1 Å². The third kappa shape index (κ3) is 7.06. The van der Waals surface area contributed by atoms with Crippen LogP contribution in [0.4, 0.5) is 5.69 Å². The minimum Gasteiger partial charge on any atom is -0.369 e. The van der Waals surface area contributed by atoms with Crippen LogP contribution in [0.25, 0.3) is 0 Å². The van der Waals surface area contributed by atoms with Crippen molar-refractivity contribution in [2.24, 2.45) is 0 Å². The van der Waals surface area contributed by atoms with Crippen LogP contribution in [-0.4, -0.2) is 50.5 Å². The third-order valence-electron chi connectivity index (χ3n) is 2.41. The first-order valence-electron chi connectivity index (χ1n) is 5.48. The second kappa shape index (κ2) is 6.72. The lowest BCUT2D eigenvalue weighted by atomic mass is 10.3. The first kappa shape index (κ1) is 17.2. The van der Waals surface area contributed by atoms with Gasteiger partial charge in [-0.15, -0.1) is 0 Å². The van der Waals surface area contributed by atoms with Crippen molar-refractivity contribution in [3.05, 3.63) is 29.3 Å². The molecule has 0 saturated carbocycles. The SMILES string of the molecule is O=S(=O)(O)CCN(CCS(=O)(=O)O)c1cccc(Cl)c1. The summed E-state index contributed by atoms with van der Waals surface area (Å²) < 4.78 is 60.6. The fourth-order valence-corrected chi connectivity index (χ4v) is 2.58. The number of halogens is 1. The van der Waals surface area contributed by atoms with Crippen molar-refractivity contribution in [1.82, 2.24) is 0 Å². The normalized spacial score (nSPS) is 12.3. The predicted molar refractivity (Wildman–Crippen MR) is 76.5 cm³/mol. The number of nitrogens with zero attached hydrogens (tertiary/aromatic N) is 1. The van der Waals surface area contributed by atoms with Gasteiger partial charge < -0.3 is 4.90 Å². The molecule has 0 saturated heterocycles. The van der Waals surface area contributed by atoms with Gasteiger partial charge in [0.25, 0.3) is 20.2 Å². The lowest BCUT2D eigenvalue weighted by Gasteiger charge is -2.23. The van der Waals surface area contributed by atoms with E-state index in [1.54, 1.807) is 18.2 Å². The molecule has 0 radical (unpaired) electrons. The van der Waals surface area contributed by atoms with Gasteiger partial charge in [-0.2, -0.15) is 16.8 Å². The van der Waals surface area contributed by atoms with Gasteiger partial charge in [0.1, 0.15) is 0 Å². The van der Waals surface area contributed by atoms with E-state index in [1.165, 1.54) is 11.0 Å². The minimum atomic E-state index is -4.18. The zero-order chi connectivity index (χ0) is 15.4. The van der Waals surface area contributed by atoms with Crippen LogP contribution in [0.15, 0.2) is 24.3 Å². The van der Waals surface area contributed by atoms with Crippen LogP contribution in [0, 0.1) is 0 Å². The van der Waals surface area contributed by atoms with Crippen molar-refractivity contribution in [3.63, 3.8) is 0 Å². The molecule has 1 rings (SSSR count).